The Labute approximate surface area is 172 Å². The van der Waals surface area contributed by atoms with Crippen LogP contribution >= 0.6 is 15.9 Å². The molecule has 0 saturated heterocycles. The van der Waals surface area contributed by atoms with Crippen LogP contribution in [0.2, 0.25) is 0 Å². The highest BCUT2D eigenvalue weighted by Crippen LogP contribution is 2.20. The highest BCUT2D eigenvalue weighted by atomic mass is 79.9. The summed E-state index contributed by atoms with van der Waals surface area (Å²) in [4.78, 5) is 23.7. The number of esters is 1. The molecule has 2 rings (SSSR count). The highest BCUT2D eigenvalue weighted by Gasteiger charge is 2.17. The molecule has 1 amide bonds. The van der Waals surface area contributed by atoms with Crippen molar-refractivity contribution in [3.05, 3.63) is 57.6 Å². The number of aryl methyl sites for hydroxylation is 3. The van der Waals surface area contributed by atoms with Gasteiger partial charge in [-0.15, -0.1) is 0 Å². The van der Waals surface area contributed by atoms with Gasteiger partial charge in [-0.25, -0.2) is 8.42 Å². The van der Waals surface area contributed by atoms with E-state index in [4.69, 9.17) is 4.74 Å². The first-order valence-corrected chi connectivity index (χ1v) is 10.6. The fourth-order valence-corrected chi connectivity index (χ4v) is 3.62. The minimum absolute atomic E-state index is 0.0612. The van der Waals surface area contributed by atoms with Gasteiger partial charge in [-0.2, -0.15) is 4.72 Å². The van der Waals surface area contributed by atoms with Gasteiger partial charge in [0.25, 0.3) is 5.91 Å². The Morgan fingerprint density at radius 3 is 2.32 bits per heavy atom. The predicted octanol–water partition coefficient (Wildman–Crippen LogP) is 2.83. The van der Waals surface area contributed by atoms with Crippen LogP contribution < -0.4 is 10.0 Å². The maximum Gasteiger partial charge on any atom is 0.321 e. The van der Waals surface area contributed by atoms with Crippen LogP contribution in [0.5, 0.6) is 0 Å². The number of anilines is 1. The standard InChI is InChI=1S/C19H21BrN2O5S/c1-12-5-7-16(8-14(12)3)28(25,26)21-10-19(24)27-11-18(23)22-15-6-4-13(2)17(20)9-15/h4-9,21H,10-11H2,1-3H3,(H,22,23). The summed E-state index contributed by atoms with van der Waals surface area (Å²) in [5, 5.41) is 2.59. The molecule has 0 aliphatic heterocycles. The van der Waals surface area contributed by atoms with Crippen LogP contribution in [0, 0.1) is 20.8 Å². The molecule has 0 fully saturated rings. The average molecular weight is 469 g/mol. The molecule has 0 saturated carbocycles. The van der Waals surface area contributed by atoms with Crippen molar-refractivity contribution in [2.75, 3.05) is 18.5 Å². The van der Waals surface area contributed by atoms with Gasteiger partial charge in [0.05, 0.1) is 4.90 Å². The van der Waals surface area contributed by atoms with E-state index >= 15 is 0 Å². The molecular weight excluding hydrogens is 448 g/mol. The lowest BCUT2D eigenvalue weighted by molar-refractivity contribution is -0.146. The zero-order chi connectivity index (χ0) is 20.9. The van der Waals surface area contributed by atoms with E-state index in [2.05, 4.69) is 26.0 Å². The van der Waals surface area contributed by atoms with Crippen LogP contribution in [-0.2, 0) is 24.3 Å². The summed E-state index contributed by atoms with van der Waals surface area (Å²) < 4.78 is 32.3. The number of benzene rings is 2. The van der Waals surface area contributed by atoms with E-state index in [1.807, 2.05) is 19.9 Å². The number of hydrogen-bond donors (Lipinski definition) is 2. The number of rotatable bonds is 7. The molecule has 2 aromatic carbocycles. The fraction of sp³-hybridized carbons (Fsp3) is 0.263. The van der Waals surface area contributed by atoms with Gasteiger partial charge in [-0.05, 0) is 61.7 Å². The van der Waals surface area contributed by atoms with E-state index in [9.17, 15) is 18.0 Å². The Balaban J connectivity index is 1.83. The number of hydrogen-bond acceptors (Lipinski definition) is 5. The summed E-state index contributed by atoms with van der Waals surface area (Å²) in [7, 11) is -3.85. The van der Waals surface area contributed by atoms with Crippen LogP contribution in [0.1, 0.15) is 16.7 Å². The number of sulfonamides is 1. The van der Waals surface area contributed by atoms with Crippen LogP contribution in [0.15, 0.2) is 45.8 Å². The molecule has 2 N–H and O–H groups in total. The molecule has 0 unspecified atom stereocenters. The molecule has 0 heterocycles. The molecule has 0 radical (unpaired) electrons. The lowest BCUT2D eigenvalue weighted by atomic mass is 10.1. The summed E-state index contributed by atoms with van der Waals surface area (Å²) in [5.41, 5.74) is 3.35. The van der Waals surface area contributed by atoms with E-state index in [0.29, 0.717) is 5.69 Å². The quantitative estimate of drug-likeness (QED) is 0.608. The average Bonchev–Trinajstić information content (AvgIpc) is 2.63. The van der Waals surface area contributed by atoms with Crippen LogP contribution in [0.3, 0.4) is 0 Å². The minimum Gasteiger partial charge on any atom is -0.455 e. The largest absolute Gasteiger partial charge is 0.455 e. The zero-order valence-electron chi connectivity index (χ0n) is 15.7. The third kappa shape index (κ3) is 6.15. The third-order valence-corrected chi connectivity index (χ3v) is 6.27. The number of amides is 1. The van der Waals surface area contributed by atoms with Crippen molar-refractivity contribution in [1.29, 1.82) is 0 Å². The molecule has 0 bridgehead atoms. The smallest absolute Gasteiger partial charge is 0.321 e. The van der Waals surface area contributed by atoms with Gasteiger partial charge >= 0.3 is 5.97 Å². The van der Waals surface area contributed by atoms with Gasteiger partial charge in [-0.1, -0.05) is 28.1 Å². The molecule has 0 atom stereocenters. The maximum absolute atomic E-state index is 12.2. The summed E-state index contributed by atoms with van der Waals surface area (Å²) in [6.45, 7) is 4.50. The second-order valence-electron chi connectivity index (χ2n) is 6.24. The van der Waals surface area contributed by atoms with Gasteiger partial charge in [0.2, 0.25) is 10.0 Å². The first-order chi connectivity index (χ1) is 13.1. The van der Waals surface area contributed by atoms with Crippen LogP contribution in [0.4, 0.5) is 5.69 Å². The van der Waals surface area contributed by atoms with E-state index in [1.165, 1.54) is 12.1 Å². The number of ether oxygens (including phenoxy) is 1. The summed E-state index contributed by atoms with van der Waals surface area (Å²) in [6.07, 6.45) is 0. The second kappa shape index (κ2) is 9.31. The van der Waals surface area contributed by atoms with E-state index in [0.717, 1.165) is 21.2 Å². The first kappa shape index (κ1) is 22.1. The molecule has 0 aromatic heterocycles. The van der Waals surface area contributed by atoms with Crippen molar-refractivity contribution in [2.45, 2.75) is 25.7 Å². The normalized spacial score (nSPS) is 11.1. The van der Waals surface area contributed by atoms with E-state index in [1.54, 1.807) is 25.1 Å². The number of nitrogens with one attached hydrogen (secondary N) is 2. The van der Waals surface area contributed by atoms with Crippen molar-refractivity contribution < 1.29 is 22.7 Å². The molecule has 150 valence electrons. The first-order valence-electron chi connectivity index (χ1n) is 8.37. The van der Waals surface area contributed by atoms with Gasteiger partial charge in [0, 0.05) is 10.2 Å². The fourth-order valence-electron chi connectivity index (χ4n) is 2.18. The number of halogens is 1. The van der Waals surface area contributed by atoms with Crippen molar-refractivity contribution in [3.8, 4) is 0 Å². The van der Waals surface area contributed by atoms with Crippen molar-refractivity contribution in [1.82, 2.24) is 4.72 Å². The van der Waals surface area contributed by atoms with Gasteiger partial charge < -0.3 is 10.1 Å². The van der Waals surface area contributed by atoms with Gasteiger partial charge in [-0.3, -0.25) is 9.59 Å². The van der Waals surface area contributed by atoms with E-state index < -0.39 is 35.1 Å². The Morgan fingerprint density at radius 2 is 1.68 bits per heavy atom. The molecule has 0 spiro atoms. The Kier molecular flexibility index (Phi) is 7.34. The second-order valence-corrected chi connectivity index (χ2v) is 8.86. The zero-order valence-corrected chi connectivity index (χ0v) is 18.1. The summed E-state index contributed by atoms with van der Waals surface area (Å²) >= 11 is 3.36. The van der Waals surface area contributed by atoms with Crippen LogP contribution in [0.25, 0.3) is 0 Å². The molecule has 7 nitrogen and oxygen atoms in total. The lowest BCUT2D eigenvalue weighted by Gasteiger charge is -2.10. The van der Waals surface area contributed by atoms with Crippen molar-refractivity contribution >= 4 is 43.5 Å². The molecule has 28 heavy (non-hydrogen) atoms. The molecule has 0 aliphatic carbocycles. The summed E-state index contributed by atoms with van der Waals surface area (Å²) in [5.74, 6) is -1.38. The monoisotopic (exact) mass is 468 g/mol. The number of carbonyl (C=O) groups is 2. The topological polar surface area (TPSA) is 102 Å². The highest BCUT2D eigenvalue weighted by molar-refractivity contribution is 9.10. The Morgan fingerprint density at radius 1 is 1.00 bits per heavy atom. The molecule has 0 aliphatic rings. The van der Waals surface area contributed by atoms with Gasteiger partial charge in [0.1, 0.15) is 6.54 Å². The SMILES string of the molecule is Cc1ccc(S(=O)(=O)NCC(=O)OCC(=O)Nc2ccc(C)c(Br)c2)cc1C. The van der Waals surface area contributed by atoms with E-state index in [-0.39, 0.29) is 4.90 Å². The van der Waals surface area contributed by atoms with Crippen LogP contribution in [-0.4, -0.2) is 33.4 Å². The molecule has 9 heteroatoms. The Bertz CT molecular complexity index is 1010. The van der Waals surface area contributed by atoms with Gasteiger partial charge in [0.15, 0.2) is 6.61 Å². The summed E-state index contributed by atoms with van der Waals surface area (Å²) in [6, 6.07) is 9.95. The minimum atomic E-state index is -3.85. The lowest BCUT2D eigenvalue weighted by Crippen LogP contribution is -2.32. The molecule has 2 aromatic rings. The van der Waals surface area contributed by atoms with Crippen molar-refractivity contribution in [2.24, 2.45) is 0 Å². The number of carbonyl (C=O) groups excluding carboxylic acids is 2. The Hall–Kier alpha value is -2.23. The predicted molar refractivity (Wildman–Crippen MR) is 110 cm³/mol. The molecular formula is C19H21BrN2O5S. The maximum atomic E-state index is 12.2. The third-order valence-electron chi connectivity index (χ3n) is 4.02. The van der Waals surface area contributed by atoms with Crippen molar-refractivity contribution in [3.63, 3.8) is 0 Å².